The van der Waals surface area contributed by atoms with Crippen LogP contribution in [0.15, 0.2) is 48.5 Å². The Hall–Kier alpha value is -3.02. The monoisotopic (exact) mass is 315 g/mol. The highest BCUT2D eigenvalue weighted by Gasteiger charge is 2.15. The summed E-state index contributed by atoms with van der Waals surface area (Å²) in [6.45, 7) is 0.202. The number of nitrogens with one attached hydrogen (secondary N) is 1. The fraction of sp³-hybridized carbons (Fsp3) is 0.176. The smallest absolute Gasteiger partial charge is 0.341 e. The molecule has 6 heteroatoms. The minimum absolute atomic E-state index is 0.00849. The molecule has 0 aromatic heterocycles. The van der Waals surface area contributed by atoms with E-state index in [1.54, 1.807) is 18.2 Å². The summed E-state index contributed by atoms with van der Waals surface area (Å²) < 4.78 is 9.99. The van der Waals surface area contributed by atoms with Crippen LogP contribution in [0.4, 0.5) is 5.69 Å². The van der Waals surface area contributed by atoms with E-state index in [0.717, 1.165) is 0 Å². The van der Waals surface area contributed by atoms with Crippen molar-refractivity contribution in [2.45, 2.75) is 6.42 Å². The number of methoxy groups -OCH3 is 1. The maximum atomic E-state index is 11.9. The third kappa shape index (κ3) is 4.47. The maximum Gasteiger partial charge on any atom is 0.341 e. The van der Waals surface area contributed by atoms with Crippen molar-refractivity contribution in [1.82, 2.24) is 0 Å². The molecule has 2 aromatic carbocycles. The summed E-state index contributed by atoms with van der Waals surface area (Å²) in [5.41, 5.74) is 0.142. The largest absolute Gasteiger partial charge is 0.505 e. The van der Waals surface area contributed by atoms with E-state index in [4.69, 9.17) is 4.74 Å². The molecule has 23 heavy (non-hydrogen) atoms. The first-order chi connectivity index (χ1) is 11.1. The van der Waals surface area contributed by atoms with Crippen molar-refractivity contribution in [3.63, 3.8) is 0 Å². The van der Waals surface area contributed by atoms with Gasteiger partial charge in [-0.2, -0.15) is 0 Å². The number of amides is 1. The quantitative estimate of drug-likeness (QED) is 0.632. The molecular weight excluding hydrogens is 298 g/mol. The first kappa shape index (κ1) is 16.4. The second-order valence-electron chi connectivity index (χ2n) is 4.65. The molecule has 120 valence electrons. The molecule has 0 heterocycles. The third-order valence-electron chi connectivity index (χ3n) is 3.06. The van der Waals surface area contributed by atoms with Crippen molar-refractivity contribution >= 4 is 17.6 Å². The van der Waals surface area contributed by atoms with E-state index in [2.05, 4.69) is 10.1 Å². The van der Waals surface area contributed by atoms with Gasteiger partial charge < -0.3 is 19.9 Å². The van der Waals surface area contributed by atoms with Crippen LogP contribution >= 0.6 is 0 Å². The van der Waals surface area contributed by atoms with Gasteiger partial charge in [0, 0.05) is 0 Å². The average Bonchev–Trinajstić information content (AvgIpc) is 2.57. The van der Waals surface area contributed by atoms with Gasteiger partial charge >= 0.3 is 5.97 Å². The number of aromatic hydroxyl groups is 1. The number of anilines is 1. The number of phenols is 1. The van der Waals surface area contributed by atoms with Crippen LogP contribution < -0.4 is 10.1 Å². The fourth-order valence-corrected chi connectivity index (χ4v) is 1.91. The first-order valence-corrected chi connectivity index (χ1v) is 7.00. The fourth-order valence-electron chi connectivity index (χ4n) is 1.91. The lowest BCUT2D eigenvalue weighted by Crippen LogP contribution is -2.16. The number of rotatable bonds is 6. The van der Waals surface area contributed by atoms with Gasteiger partial charge in [0.1, 0.15) is 11.3 Å². The number of benzene rings is 2. The number of para-hydroxylation sites is 2. The summed E-state index contributed by atoms with van der Waals surface area (Å²) in [5, 5.41) is 12.5. The molecule has 0 aliphatic carbocycles. The highest BCUT2D eigenvalue weighted by atomic mass is 16.5. The number of esters is 1. The van der Waals surface area contributed by atoms with Crippen molar-refractivity contribution in [2.75, 3.05) is 19.0 Å². The number of phenolic OH excluding ortho intramolecular Hbond substituents is 1. The Morgan fingerprint density at radius 2 is 1.83 bits per heavy atom. The van der Waals surface area contributed by atoms with Crippen molar-refractivity contribution in [3.05, 3.63) is 54.1 Å². The Labute approximate surface area is 133 Å². The summed E-state index contributed by atoms with van der Waals surface area (Å²) in [6.07, 6.45) is 0.108. The zero-order valence-corrected chi connectivity index (χ0v) is 12.6. The number of carbonyl (C=O) groups excluding carboxylic acids is 2. The van der Waals surface area contributed by atoms with E-state index in [9.17, 15) is 14.7 Å². The van der Waals surface area contributed by atoms with Gasteiger partial charge in [0.25, 0.3) is 0 Å². The van der Waals surface area contributed by atoms with Crippen molar-refractivity contribution in [2.24, 2.45) is 0 Å². The van der Waals surface area contributed by atoms with Crippen molar-refractivity contribution < 1.29 is 24.2 Å². The van der Waals surface area contributed by atoms with Crippen LogP contribution in [0.2, 0.25) is 0 Å². The van der Waals surface area contributed by atoms with Crippen LogP contribution in [-0.2, 0) is 9.53 Å². The molecule has 0 spiro atoms. The van der Waals surface area contributed by atoms with Crippen LogP contribution in [0.1, 0.15) is 16.8 Å². The summed E-state index contributed by atoms with van der Waals surface area (Å²) >= 11 is 0. The molecule has 2 aromatic rings. The molecule has 0 aliphatic rings. The highest BCUT2D eigenvalue weighted by molar-refractivity contribution is 5.98. The highest BCUT2D eigenvalue weighted by Crippen LogP contribution is 2.28. The predicted octanol–water partition coefficient (Wildman–Crippen LogP) is 2.59. The Bertz CT molecular complexity index is 685. The topological polar surface area (TPSA) is 84.9 Å². The molecule has 0 fully saturated rings. The number of ether oxygens (including phenoxy) is 2. The second-order valence-corrected chi connectivity index (χ2v) is 4.65. The molecule has 0 aliphatic heterocycles. The molecule has 0 bridgehead atoms. The molecule has 0 radical (unpaired) electrons. The van der Waals surface area contributed by atoms with Gasteiger partial charge in [0.15, 0.2) is 5.75 Å². The van der Waals surface area contributed by atoms with Gasteiger partial charge in [0.05, 0.1) is 25.8 Å². The van der Waals surface area contributed by atoms with E-state index < -0.39 is 5.97 Å². The van der Waals surface area contributed by atoms with E-state index in [1.165, 1.54) is 19.2 Å². The lowest BCUT2D eigenvalue weighted by Gasteiger charge is -2.10. The Kier molecular flexibility index (Phi) is 5.57. The Morgan fingerprint density at radius 3 is 2.52 bits per heavy atom. The first-order valence-electron chi connectivity index (χ1n) is 7.00. The van der Waals surface area contributed by atoms with E-state index in [1.807, 2.05) is 18.2 Å². The molecular formula is C17H17NO5. The molecule has 1 amide bonds. The number of hydrogen-bond donors (Lipinski definition) is 2. The van der Waals surface area contributed by atoms with Crippen molar-refractivity contribution in [3.8, 4) is 11.5 Å². The van der Waals surface area contributed by atoms with Crippen LogP contribution in [0.3, 0.4) is 0 Å². The van der Waals surface area contributed by atoms with E-state index >= 15 is 0 Å². The SMILES string of the molecule is COC(=O)c1cccc(NC(=O)CCOc2ccccc2)c1O. The minimum Gasteiger partial charge on any atom is -0.505 e. The Morgan fingerprint density at radius 1 is 1.09 bits per heavy atom. The molecule has 0 saturated heterocycles. The molecule has 2 rings (SSSR count). The average molecular weight is 315 g/mol. The molecule has 6 nitrogen and oxygen atoms in total. The molecule has 0 atom stereocenters. The summed E-state index contributed by atoms with van der Waals surface area (Å²) in [6, 6.07) is 13.6. The standard InChI is InChI=1S/C17H17NO5/c1-22-17(21)13-8-5-9-14(16(13)20)18-15(19)10-11-23-12-6-3-2-4-7-12/h2-9,20H,10-11H2,1H3,(H,18,19). The van der Waals surface area contributed by atoms with Crippen LogP contribution in [-0.4, -0.2) is 30.7 Å². The number of hydrogen-bond acceptors (Lipinski definition) is 5. The van der Waals surface area contributed by atoms with Gasteiger partial charge in [0.2, 0.25) is 5.91 Å². The zero-order valence-electron chi connectivity index (χ0n) is 12.6. The zero-order chi connectivity index (χ0) is 16.7. The molecule has 0 saturated carbocycles. The Balaban J connectivity index is 1.91. The van der Waals surface area contributed by atoms with Gasteiger partial charge in [-0.25, -0.2) is 4.79 Å². The third-order valence-corrected chi connectivity index (χ3v) is 3.06. The van der Waals surface area contributed by atoms with E-state index in [0.29, 0.717) is 5.75 Å². The summed E-state index contributed by atoms with van der Waals surface area (Å²) in [4.78, 5) is 23.4. The lowest BCUT2D eigenvalue weighted by molar-refractivity contribution is -0.116. The van der Waals surface area contributed by atoms with Gasteiger partial charge in [-0.3, -0.25) is 4.79 Å². The predicted molar refractivity (Wildman–Crippen MR) is 84.6 cm³/mol. The van der Waals surface area contributed by atoms with Crippen LogP contribution in [0.5, 0.6) is 11.5 Å². The minimum atomic E-state index is -0.675. The van der Waals surface area contributed by atoms with Crippen LogP contribution in [0.25, 0.3) is 0 Å². The van der Waals surface area contributed by atoms with Gasteiger partial charge in [-0.15, -0.1) is 0 Å². The second kappa shape index (κ2) is 7.84. The summed E-state index contributed by atoms with van der Waals surface area (Å²) in [5.74, 6) is -0.656. The van der Waals surface area contributed by atoms with Crippen LogP contribution in [0, 0.1) is 0 Å². The molecule has 2 N–H and O–H groups in total. The summed E-state index contributed by atoms with van der Waals surface area (Å²) in [7, 11) is 1.22. The van der Waals surface area contributed by atoms with Crippen molar-refractivity contribution in [1.29, 1.82) is 0 Å². The normalized spacial score (nSPS) is 9.96. The lowest BCUT2D eigenvalue weighted by atomic mass is 10.1. The maximum absolute atomic E-state index is 11.9. The van der Waals surface area contributed by atoms with Gasteiger partial charge in [-0.05, 0) is 24.3 Å². The van der Waals surface area contributed by atoms with E-state index in [-0.39, 0.29) is 35.9 Å². The van der Waals surface area contributed by atoms with Gasteiger partial charge in [-0.1, -0.05) is 24.3 Å². The number of carbonyl (C=O) groups is 2. The molecule has 0 unspecified atom stereocenters.